The van der Waals surface area contributed by atoms with Gasteiger partial charge in [-0.15, -0.1) is 0 Å². The van der Waals surface area contributed by atoms with Gasteiger partial charge in [-0.1, -0.05) is 210 Å². The number of rotatable bonds is 8. The number of nitrogens with zero attached hydrogens (tertiary/aromatic N) is 3. The van der Waals surface area contributed by atoms with Gasteiger partial charge in [0.2, 0.25) is 0 Å². The minimum atomic E-state index is -0.0654. The highest BCUT2D eigenvalue weighted by atomic mass is 15.1. The Morgan fingerprint density at radius 1 is 0.303 bits per heavy atom. The minimum absolute atomic E-state index is 0.0550. The zero-order valence-electron chi connectivity index (χ0n) is 43.7. The quantitative estimate of drug-likeness (QED) is 0.150. The molecule has 0 spiro atoms. The first kappa shape index (κ1) is 46.6. The Hall–Kier alpha value is -9.18. The SMILES string of the molecule is CC1(C)c2ccccc2-c2ccc(-n3c4ccccc4c4cc(-c5ccccc5N(c5ccccc5)c5ccc(-c6ccccc6)cc5)ccc43)cc21.CN(c1ccccc1)c1ccc2c(c1)C(C)(C)c1ccccc1-2. The molecule has 0 amide bonds. The highest BCUT2D eigenvalue weighted by Gasteiger charge is 2.37. The van der Waals surface area contributed by atoms with Crippen molar-refractivity contribution in [3.8, 4) is 50.2 Å². The number of anilines is 5. The van der Waals surface area contributed by atoms with Gasteiger partial charge < -0.3 is 14.4 Å². The average Bonchev–Trinajstić information content (AvgIpc) is 4.05. The summed E-state index contributed by atoms with van der Waals surface area (Å²) in [5.41, 5.74) is 25.2. The number of para-hydroxylation sites is 4. The van der Waals surface area contributed by atoms with Crippen LogP contribution in [0.5, 0.6) is 0 Å². The van der Waals surface area contributed by atoms with E-state index >= 15 is 0 Å². The number of aromatic nitrogens is 1. The number of hydrogen-bond donors (Lipinski definition) is 0. The van der Waals surface area contributed by atoms with Gasteiger partial charge in [0.1, 0.15) is 0 Å². The summed E-state index contributed by atoms with van der Waals surface area (Å²) in [6, 6.07) is 96.9. The minimum Gasteiger partial charge on any atom is -0.345 e. The third-order valence-electron chi connectivity index (χ3n) is 16.3. The van der Waals surface area contributed by atoms with Gasteiger partial charge in [0.15, 0.2) is 0 Å². The van der Waals surface area contributed by atoms with Crippen molar-refractivity contribution in [1.82, 2.24) is 4.57 Å². The van der Waals surface area contributed by atoms with Crippen LogP contribution in [0.2, 0.25) is 0 Å². The van der Waals surface area contributed by atoms with Crippen LogP contribution in [0.1, 0.15) is 49.9 Å². The molecule has 2 aliphatic carbocycles. The molecule has 0 atom stereocenters. The van der Waals surface area contributed by atoms with Crippen molar-refractivity contribution in [2.45, 2.75) is 38.5 Å². The molecule has 0 radical (unpaired) electrons. The molecule has 0 unspecified atom stereocenters. The molecule has 1 aromatic heterocycles. The molecular formula is C73H59N3. The van der Waals surface area contributed by atoms with Gasteiger partial charge in [-0.3, -0.25) is 0 Å². The lowest BCUT2D eigenvalue weighted by Crippen LogP contribution is -2.16. The molecule has 0 saturated carbocycles. The first-order valence-corrected chi connectivity index (χ1v) is 26.6. The fourth-order valence-corrected chi connectivity index (χ4v) is 12.3. The standard InChI is InChI=1S/C51H38N2.C22H21N/c1-51(2)46-22-12-9-20-42(46)43-31-30-40(34-47(43)51)53-49-24-14-11-21-44(49)45-33-37(27-32-50(45)53)41-19-10-13-23-48(41)52(38-17-7-4-8-18-38)39-28-25-36(26-29-39)35-15-5-3-6-16-35;1-22(2)20-12-8-7-11-18(20)19-14-13-17(15-21(19)22)23(3)16-9-5-4-6-10-16/h3-34H,1-2H3;4-15H,1-3H3. The van der Waals surface area contributed by atoms with Crippen LogP contribution in [0.15, 0.2) is 267 Å². The highest BCUT2D eigenvalue weighted by Crippen LogP contribution is 2.51. The fourth-order valence-electron chi connectivity index (χ4n) is 12.3. The van der Waals surface area contributed by atoms with Crippen LogP contribution >= 0.6 is 0 Å². The monoisotopic (exact) mass is 977 g/mol. The van der Waals surface area contributed by atoms with Gasteiger partial charge in [0, 0.05) is 62.7 Å². The van der Waals surface area contributed by atoms with Crippen molar-refractivity contribution in [3.63, 3.8) is 0 Å². The third-order valence-corrected chi connectivity index (χ3v) is 16.3. The van der Waals surface area contributed by atoms with E-state index in [0.717, 1.165) is 17.1 Å². The highest BCUT2D eigenvalue weighted by molar-refractivity contribution is 6.11. The van der Waals surface area contributed by atoms with Gasteiger partial charge in [0.25, 0.3) is 0 Å². The molecule has 0 N–H and O–H groups in total. The predicted octanol–water partition coefficient (Wildman–Crippen LogP) is 19.7. The lowest BCUT2D eigenvalue weighted by Gasteiger charge is -2.28. The van der Waals surface area contributed by atoms with Crippen LogP contribution in [-0.4, -0.2) is 11.6 Å². The molecule has 0 bridgehead atoms. The van der Waals surface area contributed by atoms with Crippen molar-refractivity contribution in [3.05, 3.63) is 289 Å². The van der Waals surface area contributed by atoms with Crippen LogP contribution in [0.25, 0.3) is 72.0 Å². The topological polar surface area (TPSA) is 11.4 Å². The maximum absolute atomic E-state index is 2.45. The Morgan fingerprint density at radius 2 is 0.763 bits per heavy atom. The molecule has 3 heteroatoms. The molecule has 11 aromatic carbocycles. The molecule has 76 heavy (non-hydrogen) atoms. The first-order valence-electron chi connectivity index (χ1n) is 26.6. The third kappa shape index (κ3) is 7.81. The summed E-state index contributed by atoms with van der Waals surface area (Å²) in [5, 5.41) is 2.50. The van der Waals surface area contributed by atoms with Crippen molar-refractivity contribution in [2.24, 2.45) is 0 Å². The van der Waals surface area contributed by atoms with Crippen LogP contribution in [0, 0.1) is 0 Å². The Labute approximate surface area is 447 Å². The number of benzene rings is 11. The van der Waals surface area contributed by atoms with Crippen molar-refractivity contribution < 1.29 is 0 Å². The van der Waals surface area contributed by atoms with E-state index in [-0.39, 0.29) is 10.8 Å². The summed E-state index contributed by atoms with van der Waals surface area (Å²) < 4.78 is 2.45. The molecule has 0 saturated heterocycles. The van der Waals surface area contributed by atoms with E-state index < -0.39 is 0 Å². The average molecular weight is 978 g/mol. The normalized spacial score (nSPS) is 13.3. The molecule has 366 valence electrons. The summed E-state index contributed by atoms with van der Waals surface area (Å²) in [7, 11) is 2.13. The summed E-state index contributed by atoms with van der Waals surface area (Å²) in [5.74, 6) is 0. The van der Waals surface area contributed by atoms with E-state index in [1.807, 2.05) is 0 Å². The Morgan fingerprint density at radius 3 is 1.43 bits per heavy atom. The number of fused-ring (bicyclic) bond motifs is 9. The van der Waals surface area contributed by atoms with Gasteiger partial charge >= 0.3 is 0 Å². The Kier molecular flexibility index (Phi) is 11.4. The maximum atomic E-state index is 2.45. The largest absolute Gasteiger partial charge is 0.345 e. The lowest BCUT2D eigenvalue weighted by atomic mass is 9.82. The van der Waals surface area contributed by atoms with E-state index in [1.165, 1.54) is 106 Å². The second kappa shape index (κ2) is 18.6. The van der Waals surface area contributed by atoms with Crippen molar-refractivity contribution in [1.29, 1.82) is 0 Å². The summed E-state index contributed by atoms with van der Waals surface area (Å²) in [6.45, 7) is 9.36. The zero-order valence-corrected chi connectivity index (χ0v) is 43.7. The maximum Gasteiger partial charge on any atom is 0.0541 e. The molecule has 0 fully saturated rings. The smallest absolute Gasteiger partial charge is 0.0541 e. The molecule has 14 rings (SSSR count). The molecule has 3 nitrogen and oxygen atoms in total. The summed E-state index contributed by atoms with van der Waals surface area (Å²) >= 11 is 0. The van der Waals surface area contributed by atoms with Gasteiger partial charge in [-0.05, 0) is 146 Å². The van der Waals surface area contributed by atoms with Crippen molar-refractivity contribution in [2.75, 3.05) is 16.8 Å². The number of hydrogen-bond acceptors (Lipinski definition) is 2. The Balaban J connectivity index is 0.000000200. The fraction of sp³-hybridized carbons (Fsp3) is 0.0959. The van der Waals surface area contributed by atoms with Gasteiger partial charge in [-0.2, -0.15) is 0 Å². The van der Waals surface area contributed by atoms with E-state index in [1.54, 1.807) is 0 Å². The molecule has 2 aliphatic rings. The van der Waals surface area contributed by atoms with E-state index in [4.69, 9.17) is 0 Å². The second-order valence-electron chi connectivity index (χ2n) is 21.4. The van der Waals surface area contributed by atoms with E-state index in [0.29, 0.717) is 0 Å². The van der Waals surface area contributed by atoms with Gasteiger partial charge in [0.05, 0.1) is 16.7 Å². The van der Waals surface area contributed by atoms with E-state index in [9.17, 15) is 0 Å². The van der Waals surface area contributed by atoms with Gasteiger partial charge in [-0.25, -0.2) is 0 Å². The molecule has 1 heterocycles. The Bertz CT molecular complexity index is 4110. The van der Waals surface area contributed by atoms with Crippen LogP contribution in [-0.2, 0) is 10.8 Å². The molecule has 12 aromatic rings. The molecular weight excluding hydrogens is 919 g/mol. The second-order valence-corrected chi connectivity index (χ2v) is 21.4. The zero-order chi connectivity index (χ0) is 51.5. The van der Waals surface area contributed by atoms with Crippen LogP contribution < -0.4 is 9.80 Å². The van der Waals surface area contributed by atoms with Crippen LogP contribution in [0.4, 0.5) is 28.4 Å². The van der Waals surface area contributed by atoms with Crippen molar-refractivity contribution >= 4 is 50.2 Å². The van der Waals surface area contributed by atoms with E-state index in [2.05, 4.69) is 316 Å². The summed E-state index contributed by atoms with van der Waals surface area (Å²) in [4.78, 5) is 4.63. The first-order chi connectivity index (χ1) is 37.1. The molecule has 0 aliphatic heterocycles. The van der Waals surface area contributed by atoms with Crippen LogP contribution in [0.3, 0.4) is 0 Å². The predicted molar refractivity (Wildman–Crippen MR) is 322 cm³/mol. The summed E-state index contributed by atoms with van der Waals surface area (Å²) in [6.07, 6.45) is 0. The lowest BCUT2D eigenvalue weighted by molar-refractivity contribution is 0.660.